The molecule has 56 heavy (non-hydrogen) atoms. The topological polar surface area (TPSA) is 86.8 Å². The second kappa shape index (κ2) is 21.0. The van der Waals surface area contributed by atoms with Crippen molar-refractivity contribution in [2.45, 2.75) is 156 Å². The molecule has 5 rings (SSSR count). The Morgan fingerprint density at radius 1 is 0.375 bits per heavy atom. The van der Waals surface area contributed by atoms with E-state index >= 15 is 0 Å². The Kier molecular flexibility index (Phi) is 17.8. The van der Waals surface area contributed by atoms with Crippen LogP contribution in [0.15, 0.2) is 0 Å². The normalized spacial score (nSPS) is 37.3. The summed E-state index contributed by atoms with van der Waals surface area (Å²) < 4.78 is 55.2. The van der Waals surface area contributed by atoms with Gasteiger partial charge in [0, 0.05) is 52.4 Å². The summed E-state index contributed by atoms with van der Waals surface area (Å²) in [6, 6.07) is 3.73. The third kappa shape index (κ3) is 13.2. The average Bonchev–Trinajstić information content (AvgIpc) is 3.91. The van der Waals surface area contributed by atoms with E-state index in [-0.39, 0.29) is 24.9 Å². The number of hydrogen-bond donors (Lipinski definition) is 0. The Balaban J connectivity index is 1.36. The van der Waals surface area contributed by atoms with Crippen molar-refractivity contribution >= 4 is 34.2 Å². The van der Waals surface area contributed by atoms with E-state index < -0.39 is 34.2 Å². The molecule has 4 atom stereocenters. The van der Waals surface area contributed by atoms with Gasteiger partial charge in [0.25, 0.3) is 0 Å². The number of rotatable bonds is 20. The second-order valence-corrected chi connectivity index (χ2v) is 33.9. The van der Waals surface area contributed by atoms with Gasteiger partial charge in [-0.1, -0.05) is 55.4 Å². The third-order valence-corrected chi connectivity index (χ3v) is 31.3. The predicted octanol–water partition coefficient (Wildman–Crippen LogP) is 7.17. The van der Waals surface area contributed by atoms with Crippen molar-refractivity contribution in [3.8, 4) is 0 Å². The van der Waals surface area contributed by atoms with E-state index in [0.717, 1.165) is 129 Å². The van der Waals surface area contributed by atoms with Crippen LogP contribution in [0.4, 0.5) is 0 Å². The SMILES string of the molecule is CC(C)C1OCCN1CCC[Si]1(C)O[Si](C)(CCCN2CCOC2C(C)C)O[Si](C)(CCCN2CCOC2C(C)C)O[Si](C)(CCCN2CCOC2C(C)C)O1. The smallest absolute Gasteiger partial charge is 0.317 e. The highest BCUT2D eigenvalue weighted by Gasteiger charge is 2.56. The van der Waals surface area contributed by atoms with Gasteiger partial charge in [-0.15, -0.1) is 0 Å². The van der Waals surface area contributed by atoms with E-state index in [0.29, 0.717) is 23.7 Å². The zero-order valence-electron chi connectivity index (χ0n) is 37.8. The lowest BCUT2D eigenvalue weighted by Gasteiger charge is -2.50. The fourth-order valence-electron chi connectivity index (χ4n) is 10.2. The molecule has 0 N–H and O–H groups in total. The van der Waals surface area contributed by atoms with Crippen molar-refractivity contribution < 1.29 is 35.4 Å². The van der Waals surface area contributed by atoms with Crippen molar-refractivity contribution in [2.75, 3.05) is 78.8 Å². The molecule has 0 amide bonds. The van der Waals surface area contributed by atoms with E-state index in [1.807, 2.05) is 0 Å². The summed E-state index contributed by atoms with van der Waals surface area (Å²) in [6.45, 7) is 38.7. The van der Waals surface area contributed by atoms with Gasteiger partial charge in [0.15, 0.2) is 0 Å². The van der Waals surface area contributed by atoms with Crippen LogP contribution in [0.5, 0.6) is 0 Å². The maximum atomic E-state index is 7.65. The molecule has 0 radical (unpaired) electrons. The molecule has 16 heteroatoms. The van der Waals surface area contributed by atoms with E-state index in [9.17, 15) is 0 Å². The van der Waals surface area contributed by atoms with Gasteiger partial charge in [0.2, 0.25) is 0 Å². The lowest BCUT2D eigenvalue weighted by atomic mass is 10.2. The lowest BCUT2D eigenvalue weighted by molar-refractivity contribution is -0.00203. The molecule has 328 valence electrons. The van der Waals surface area contributed by atoms with Crippen LogP contribution >= 0.6 is 0 Å². The number of nitrogens with zero attached hydrogens (tertiary/aromatic N) is 4. The monoisotopic (exact) mass is 861 g/mol. The lowest BCUT2D eigenvalue weighted by Crippen LogP contribution is -2.67. The molecule has 5 aliphatic heterocycles. The maximum Gasteiger partial charge on any atom is 0.317 e. The van der Waals surface area contributed by atoms with Crippen LogP contribution in [0.3, 0.4) is 0 Å². The van der Waals surface area contributed by atoms with E-state index in [4.69, 9.17) is 35.4 Å². The van der Waals surface area contributed by atoms with Gasteiger partial charge in [-0.25, -0.2) is 0 Å². The van der Waals surface area contributed by atoms with Gasteiger partial charge in [-0.05, 0) is 99.7 Å². The molecule has 5 fully saturated rings. The fraction of sp³-hybridized carbons (Fsp3) is 1.00. The zero-order chi connectivity index (χ0) is 40.7. The summed E-state index contributed by atoms with van der Waals surface area (Å²) in [6.07, 6.45) is 4.87. The first kappa shape index (κ1) is 47.4. The Bertz CT molecular complexity index is 1010. The van der Waals surface area contributed by atoms with Crippen LogP contribution in [0.1, 0.15) is 81.1 Å². The van der Waals surface area contributed by atoms with Crippen molar-refractivity contribution in [2.24, 2.45) is 23.7 Å². The Labute approximate surface area is 346 Å². The van der Waals surface area contributed by atoms with Crippen molar-refractivity contribution in [1.29, 1.82) is 0 Å². The van der Waals surface area contributed by atoms with Crippen LogP contribution in [-0.2, 0) is 35.4 Å². The third-order valence-electron chi connectivity index (χ3n) is 12.4. The molecular formula is C40H84N4O8Si4. The number of ether oxygens (including phenoxy) is 4. The summed E-state index contributed by atoms with van der Waals surface area (Å²) >= 11 is 0. The molecule has 0 aromatic carbocycles. The molecule has 0 aromatic heterocycles. The quantitative estimate of drug-likeness (QED) is 0.116. The second-order valence-electron chi connectivity index (χ2n) is 19.5. The summed E-state index contributed by atoms with van der Waals surface area (Å²) in [7, 11) is -11.0. The Morgan fingerprint density at radius 2 is 0.571 bits per heavy atom. The number of hydrogen-bond acceptors (Lipinski definition) is 12. The summed E-state index contributed by atoms with van der Waals surface area (Å²) in [5, 5.41) is 0. The van der Waals surface area contributed by atoms with Gasteiger partial charge in [0.05, 0.1) is 26.4 Å². The molecule has 0 aromatic rings. The summed E-state index contributed by atoms with van der Waals surface area (Å²) in [5.74, 6) is 1.88. The molecule has 5 heterocycles. The largest absolute Gasteiger partial charge is 0.416 e. The Morgan fingerprint density at radius 3 is 0.750 bits per heavy atom. The zero-order valence-corrected chi connectivity index (χ0v) is 41.8. The molecule has 4 unspecified atom stereocenters. The van der Waals surface area contributed by atoms with Crippen LogP contribution in [0, 0.1) is 23.7 Å². The highest BCUT2D eigenvalue weighted by Crippen LogP contribution is 2.39. The standard InChI is InChI=1S/C40H84N4O8Si4/c1-33(2)37-41(21-25-45-37)17-13-29-53(9)49-54(10,30-14-18-42-22-26-46-38(42)34(3)4)51-56(12,32-16-20-44-24-28-48-40(44)36(7)8)52-55(11,50-53)31-15-19-43-23-27-47-39(43)35(5)6/h33-40H,13-32H2,1-12H3. The van der Waals surface area contributed by atoms with Crippen LogP contribution in [-0.4, -0.2) is 158 Å². The molecule has 0 bridgehead atoms. The predicted molar refractivity (Wildman–Crippen MR) is 233 cm³/mol. The van der Waals surface area contributed by atoms with Gasteiger partial charge in [0.1, 0.15) is 24.9 Å². The van der Waals surface area contributed by atoms with Gasteiger partial charge in [-0.3, -0.25) is 19.6 Å². The first-order valence-corrected chi connectivity index (χ1v) is 32.8. The first-order chi connectivity index (χ1) is 26.4. The average molecular weight is 861 g/mol. The molecule has 0 saturated carbocycles. The van der Waals surface area contributed by atoms with Gasteiger partial charge >= 0.3 is 34.2 Å². The Hall–Kier alpha value is 0.388. The minimum Gasteiger partial charge on any atom is -0.416 e. The molecule has 5 aliphatic rings. The molecule has 12 nitrogen and oxygen atoms in total. The minimum atomic E-state index is -2.75. The first-order valence-electron chi connectivity index (χ1n) is 22.7. The van der Waals surface area contributed by atoms with E-state index in [2.05, 4.69) is 101 Å². The summed E-state index contributed by atoms with van der Waals surface area (Å²) in [5.41, 5.74) is 0. The van der Waals surface area contributed by atoms with E-state index in [1.54, 1.807) is 0 Å². The molecular weight excluding hydrogens is 777 g/mol. The van der Waals surface area contributed by atoms with Crippen LogP contribution < -0.4 is 0 Å². The van der Waals surface area contributed by atoms with Gasteiger partial charge < -0.3 is 35.4 Å². The van der Waals surface area contributed by atoms with Gasteiger partial charge in [-0.2, -0.15) is 0 Å². The van der Waals surface area contributed by atoms with Crippen molar-refractivity contribution in [1.82, 2.24) is 19.6 Å². The van der Waals surface area contributed by atoms with Crippen LogP contribution in [0.2, 0.25) is 50.4 Å². The highest BCUT2D eigenvalue weighted by atomic mass is 28.5. The minimum absolute atomic E-state index is 0.192. The summed E-state index contributed by atoms with van der Waals surface area (Å²) in [4.78, 5) is 10.1. The molecule has 0 spiro atoms. The van der Waals surface area contributed by atoms with E-state index in [1.165, 1.54) is 0 Å². The van der Waals surface area contributed by atoms with Crippen LogP contribution in [0.25, 0.3) is 0 Å². The highest BCUT2D eigenvalue weighted by molar-refractivity contribution is 6.93. The molecule has 5 saturated heterocycles. The maximum absolute atomic E-state index is 7.65. The van der Waals surface area contributed by atoms with Crippen molar-refractivity contribution in [3.05, 3.63) is 0 Å². The molecule has 0 aliphatic carbocycles. The van der Waals surface area contributed by atoms with Crippen molar-refractivity contribution in [3.63, 3.8) is 0 Å². The fourth-order valence-corrected chi connectivity index (χ4v) is 33.5.